The summed E-state index contributed by atoms with van der Waals surface area (Å²) >= 11 is 5.99. The van der Waals surface area contributed by atoms with Crippen molar-refractivity contribution >= 4 is 17.5 Å². The summed E-state index contributed by atoms with van der Waals surface area (Å²) in [5.41, 5.74) is 1.94. The zero-order valence-corrected chi connectivity index (χ0v) is 14.2. The van der Waals surface area contributed by atoms with Gasteiger partial charge < -0.3 is 15.4 Å². The van der Waals surface area contributed by atoms with Crippen LogP contribution in [0.3, 0.4) is 0 Å². The number of aromatic nitrogens is 2. The molecule has 0 saturated heterocycles. The summed E-state index contributed by atoms with van der Waals surface area (Å²) < 4.78 is 0. The fraction of sp³-hybridized carbons (Fsp3) is 0.412. The maximum absolute atomic E-state index is 12.3. The number of H-pyrrole nitrogens is 1. The molecule has 0 radical (unpaired) electrons. The minimum atomic E-state index is -0.205. The molecule has 0 aliphatic rings. The molecule has 5 nitrogen and oxygen atoms in total. The summed E-state index contributed by atoms with van der Waals surface area (Å²) in [6.45, 7) is 4.54. The average Bonchev–Trinajstić information content (AvgIpc) is 2.93. The second kappa shape index (κ2) is 8.13. The Hall–Kier alpha value is -1.85. The van der Waals surface area contributed by atoms with Gasteiger partial charge in [-0.25, -0.2) is 4.98 Å². The first-order valence-electron chi connectivity index (χ1n) is 7.76. The highest BCUT2D eigenvalue weighted by atomic mass is 35.5. The third kappa shape index (κ3) is 4.56. The van der Waals surface area contributed by atoms with Crippen molar-refractivity contribution in [2.75, 3.05) is 13.2 Å². The molecule has 0 aliphatic carbocycles. The van der Waals surface area contributed by atoms with Gasteiger partial charge in [-0.15, -0.1) is 0 Å². The summed E-state index contributed by atoms with van der Waals surface area (Å²) in [6.07, 6.45) is 1.60. The lowest BCUT2D eigenvalue weighted by molar-refractivity contribution is 0.0938. The van der Waals surface area contributed by atoms with Crippen LogP contribution in [-0.2, 0) is 0 Å². The molecule has 3 N–H and O–H groups in total. The van der Waals surface area contributed by atoms with Crippen molar-refractivity contribution in [3.8, 4) is 11.4 Å². The fourth-order valence-corrected chi connectivity index (χ4v) is 2.60. The Morgan fingerprint density at radius 2 is 2.26 bits per heavy atom. The number of carbonyl (C=O) groups is 1. The van der Waals surface area contributed by atoms with Gasteiger partial charge in [-0.3, -0.25) is 4.79 Å². The zero-order chi connectivity index (χ0) is 16.8. The van der Waals surface area contributed by atoms with Crippen LogP contribution in [0.1, 0.15) is 35.9 Å². The minimum Gasteiger partial charge on any atom is -0.396 e. The number of nitrogens with zero attached hydrogens (tertiary/aromatic N) is 1. The van der Waals surface area contributed by atoms with Crippen LogP contribution >= 0.6 is 11.6 Å². The predicted octanol–water partition coefficient (Wildman–Crippen LogP) is 3.18. The summed E-state index contributed by atoms with van der Waals surface area (Å²) in [7, 11) is 0. The molecule has 0 aliphatic heterocycles. The van der Waals surface area contributed by atoms with E-state index in [1.165, 1.54) is 0 Å². The van der Waals surface area contributed by atoms with Gasteiger partial charge in [0.1, 0.15) is 11.5 Å². The number of nitrogens with one attached hydrogen (secondary N) is 2. The van der Waals surface area contributed by atoms with E-state index in [1.54, 1.807) is 12.1 Å². The smallest absolute Gasteiger partial charge is 0.271 e. The van der Waals surface area contributed by atoms with Gasteiger partial charge in [-0.05, 0) is 31.4 Å². The van der Waals surface area contributed by atoms with Crippen molar-refractivity contribution in [1.29, 1.82) is 0 Å². The lowest BCUT2D eigenvalue weighted by atomic mass is 10.0. The Labute approximate surface area is 141 Å². The SMILES string of the molecule is CCC(CCO)CNC(=O)c1nc(-c2cccc(Cl)c2)[nH]c1C. The summed E-state index contributed by atoms with van der Waals surface area (Å²) in [5.74, 6) is 0.691. The van der Waals surface area contributed by atoms with Gasteiger partial charge in [0.25, 0.3) is 5.91 Å². The molecule has 0 bridgehead atoms. The maximum atomic E-state index is 12.3. The molecule has 1 atom stereocenters. The maximum Gasteiger partial charge on any atom is 0.271 e. The van der Waals surface area contributed by atoms with Gasteiger partial charge in [-0.2, -0.15) is 0 Å². The number of benzene rings is 1. The van der Waals surface area contributed by atoms with Crippen molar-refractivity contribution in [1.82, 2.24) is 15.3 Å². The molecule has 1 unspecified atom stereocenters. The van der Waals surface area contributed by atoms with Gasteiger partial charge in [0, 0.05) is 29.4 Å². The summed E-state index contributed by atoms with van der Waals surface area (Å²) in [4.78, 5) is 19.8. The number of hydrogen-bond donors (Lipinski definition) is 3. The Balaban J connectivity index is 2.10. The molecular formula is C17H22ClN3O2. The first-order valence-corrected chi connectivity index (χ1v) is 8.14. The molecule has 1 aromatic carbocycles. The lowest BCUT2D eigenvalue weighted by Crippen LogP contribution is -2.30. The van der Waals surface area contributed by atoms with Crippen LogP contribution in [0.5, 0.6) is 0 Å². The average molecular weight is 336 g/mol. The zero-order valence-electron chi connectivity index (χ0n) is 13.4. The number of rotatable bonds is 7. The molecule has 23 heavy (non-hydrogen) atoms. The monoisotopic (exact) mass is 335 g/mol. The normalized spacial score (nSPS) is 12.2. The standard InChI is InChI=1S/C17H22ClN3O2/c1-3-12(7-8-22)10-19-17(23)15-11(2)20-16(21-15)13-5-4-6-14(18)9-13/h4-6,9,12,22H,3,7-8,10H2,1-2H3,(H,19,23)(H,20,21). The number of aliphatic hydroxyl groups excluding tert-OH is 1. The van der Waals surface area contributed by atoms with Crippen LogP contribution in [0.15, 0.2) is 24.3 Å². The Bertz CT molecular complexity index is 670. The Kier molecular flexibility index (Phi) is 6.19. The number of imidazole rings is 1. The van der Waals surface area contributed by atoms with Gasteiger partial charge >= 0.3 is 0 Å². The summed E-state index contributed by atoms with van der Waals surface area (Å²) in [6, 6.07) is 7.33. The van der Waals surface area contributed by atoms with Crippen molar-refractivity contribution in [3.05, 3.63) is 40.7 Å². The number of hydrogen-bond acceptors (Lipinski definition) is 3. The molecule has 124 valence electrons. The quantitative estimate of drug-likeness (QED) is 0.727. The number of aromatic amines is 1. The van der Waals surface area contributed by atoms with E-state index in [4.69, 9.17) is 16.7 Å². The number of aliphatic hydroxyl groups is 1. The first-order chi connectivity index (χ1) is 11.0. The Morgan fingerprint density at radius 3 is 2.91 bits per heavy atom. The molecule has 1 amide bonds. The van der Waals surface area contributed by atoms with Crippen LogP contribution < -0.4 is 5.32 Å². The highest BCUT2D eigenvalue weighted by Crippen LogP contribution is 2.21. The topological polar surface area (TPSA) is 78.0 Å². The van der Waals surface area contributed by atoms with E-state index in [2.05, 4.69) is 15.3 Å². The molecule has 0 saturated carbocycles. The highest BCUT2D eigenvalue weighted by molar-refractivity contribution is 6.30. The van der Waals surface area contributed by atoms with Gasteiger partial charge in [0.05, 0.1) is 0 Å². The van der Waals surface area contributed by atoms with E-state index in [-0.39, 0.29) is 18.4 Å². The van der Waals surface area contributed by atoms with Crippen LogP contribution in [0, 0.1) is 12.8 Å². The highest BCUT2D eigenvalue weighted by Gasteiger charge is 2.17. The second-order valence-electron chi connectivity index (χ2n) is 5.57. The first kappa shape index (κ1) is 17.5. The third-order valence-electron chi connectivity index (χ3n) is 3.86. The van der Waals surface area contributed by atoms with Crippen LogP contribution in [0.2, 0.25) is 5.02 Å². The minimum absolute atomic E-state index is 0.134. The van der Waals surface area contributed by atoms with Crippen molar-refractivity contribution in [3.63, 3.8) is 0 Å². The van der Waals surface area contributed by atoms with Crippen molar-refractivity contribution < 1.29 is 9.90 Å². The molecule has 2 rings (SSSR count). The molecule has 0 fully saturated rings. The van der Waals surface area contributed by atoms with Crippen molar-refractivity contribution in [2.24, 2.45) is 5.92 Å². The van der Waals surface area contributed by atoms with E-state index in [0.717, 1.165) is 12.0 Å². The van der Waals surface area contributed by atoms with E-state index < -0.39 is 0 Å². The summed E-state index contributed by atoms with van der Waals surface area (Å²) in [5, 5.41) is 12.5. The predicted molar refractivity (Wildman–Crippen MR) is 91.6 cm³/mol. The van der Waals surface area contributed by atoms with Crippen molar-refractivity contribution in [2.45, 2.75) is 26.7 Å². The van der Waals surface area contributed by atoms with Gasteiger partial charge in [0.2, 0.25) is 0 Å². The molecule has 0 spiro atoms. The van der Waals surface area contributed by atoms with Gasteiger partial charge in [-0.1, -0.05) is 37.1 Å². The number of carbonyl (C=O) groups excluding carboxylic acids is 1. The number of aryl methyl sites for hydroxylation is 1. The lowest BCUT2D eigenvalue weighted by Gasteiger charge is -2.13. The van der Waals surface area contributed by atoms with Crippen LogP contribution in [-0.4, -0.2) is 34.1 Å². The molecule has 6 heteroatoms. The van der Waals surface area contributed by atoms with Crippen LogP contribution in [0.25, 0.3) is 11.4 Å². The Morgan fingerprint density at radius 1 is 1.48 bits per heavy atom. The largest absolute Gasteiger partial charge is 0.396 e. The van der Waals surface area contributed by atoms with E-state index >= 15 is 0 Å². The molecule has 1 heterocycles. The molecular weight excluding hydrogens is 314 g/mol. The molecule has 2 aromatic rings. The van der Waals surface area contributed by atoms with E-state index in [9.17, 15) is 4.79 Å². The van der Waals surface area contributed by atoms with E-state index in [0.29, 0.717) is 35.2 Å². The second-order valence-corrected chi connectivity index (χ2v) is 6.00. The fourth-order valence-electron chi connectivity index (χ4n) is 2.41. The third-order valence-corrected chi connectivity index (χ3v) is 4.10. The van der Waals surface area contributed by atoms with Gasteiger partial charge in [0.15, 0.2) is 0 Å². The van der Waals surface area contributed by atoms with Crippen LogP contribution in [0.4, 0.5) is 0 Å². The number of amides is 1. The van der Waals surface area contributed by atoms with E-state index in [1.807, 2.05) is 26.0 Å². The number of halogens is 1. The molecule has 1 aromatic heterocycles.